The molecule has 0 amide bonds. The molecular formula is C8H12N4S. The van der Waals surface area contributed by atoms with Crippen molar-refractivity contribution < 1.29 is 0 Å². The van der Waals surface area contributed by atoms with Crippen molar-refractivity contribution in [2.24, 2.45) is 0 Å². The molecule has 1 aromatic heterocycles. The van der Waals surface area contributed by atoms with E-state index in [9.17, 15) is 0 Å². The molecule has 1 rings (SSSR count). The number of rotatable bonds is 3. The highest BCUT2D eigenvalue weighted by Gasteiger charge is 2.09. The third-order valence-corrected chi connectivity index (χ3v) is 2.35. The summed E-state index contributed by atoms with van der Waals surface area (Å²) in [6, 6.07) is 2.40. The van der Waals surface area contributed by atoms with E-state index < -0.39 is 0 Å². The largest absolute Gasteiger partial charge is 0.366 e. The van der Waals surface area contributed by atoms with Crippen molar-refractivity contribution in [3.05, 3.63) is 4.88 Å². The smallest absolute Gasteiger partial charge is 0.185 e. The van der Waals surface area contributed by atoms with Gasteiger partial charge in [-0.05, 0) is 13.8 Å². The highest BCUT2D eigenvalue weighted by Crippen LogP contribution is 2.25. The number of hydrogen-bond donors (Lipinski definition) is 2. The fourth-order valence-electron chi connectivity index (χ4n) is 0.874. The number of nitriles is 1. The number of thiazole rings is 1. The molecule has 0 aliphatic rings. The van der Waals surface area contributed by atoms with Gasteiger partial charge in [0.15, 0.2) is 15.8 Å². The number of anilines is 2. The van der Waals surface area contributed by atoms with Crippen molar-refractivity contribution in [3.63, 3.8) is 0 Å². The van der Waals surface area contributed by atoms with Gasteiger partial charge in [0.2, 0.25) is 0 Å². The molecule has 4 nitrogen and oxygen atoms in total. The van der Waals surface area contributed by atoms with Gasteiger partial charge in [0.1, 0.15) is 6.07 Å². The zero-order valence-corrected chi connectivity index (χ0v) is 8.70. The number of aromatic nitrogens is 1. The molecule has 0 bridgehead atoms. The van der Waals surface area contributed by atoms with Gasteiger partial charge >= 0.3 is 0 Å². The van der Waals surface area contributed by atoms with Crippen molar-refractivity contribution in [1.29, 1.82) is 5.26 Å². The van der Waals surface area contributed by atoms with Crippen LogP contribution in [0.25, 0.3) is 0 Å². The normalized spacial score (nSPS) is 9.77. The fourth-order valence-corrected chi connectivity index (χ4v) is 1.55. The topological polar surface area (TPSA) is 60.7 Å². The summed E-state index contributed by atoms with van der Waals surface area (Å²) >= 11 is 1.36. The fraction of sp³-hybridized carbons (Fsp3) is 0.500. The molecule has 5 heteroatoms. The van der Waals surface area contributed by atoms with Gasteiger partial charge < -0.3 is 10.6 Å². The van der Waals surface area contributed by atoms with Crippen LogP contribution < -0.4 is 10.6 Å². The van der Waals surface area contributed by atoms with E-state index in [1.54, 1.807) is 7.05 Å². The summed E-state index contributed by atoms with van der Waals surface area (Å²) in [5.41, 5.74) is 0. The molecule has 0 aliphatic heterocycles. The van der Waals surface area contributed by atoms with Gasteiger partial charge in [-0.15, -0.1) is 0 Å². The Balaban J connectivity index is 2.92. The maximum Gasteiger partial charge on any atom is 0.185 e. The molecule has 0 unspecified atom stereocenters. The Bertz CT molecular complexity index is 323. The van der Waals surface area contributed by atoms with Crippen molar-refractivity contribution in [3.8, 4) is 6.07 Å². The van der Waals surface area contributed by atoms with Gasteiger partial charge in [-0.2, -0.15) is 5.26 Å². The number of hydrogen-bond acceptors (Lipinski definition) is 5. The van der Waals surface area contributed by atoms with Crippen molar-refractivity contribution in [1.82, 2.24) is 4.98 Å². The molecule has 0 saturated heterocycles. The molecule has 0 aromatic carbocycles. The lowest BCUT2D eigenvalue weighted by atomic mass is 10.4. The first-order chi connectivity index (χ1) is 6.17. The zero-order valence-electron chi connectivity index (χ0n) is 7.88. The van der Waals surface area contributed by atoms with Crippen LogP contribution in [0.3, 0.4) is 0 Å². The average Bonchev–Trinajstić information content (AvgIpc) is 2.46. The van der Waals surface area contributed by atoms with Crippen LogP contribution in [0, 0.1) is 11.3 Å². The molecule has 1 aromatic rings. The predicted octanol–water partition coefficient (Wildman–Crippen LogP) is 1.88. The second-order valence-electron chi connectivity index (χ2n) is 2.86. The second kappa shape index (κ2) is 4.10. The van der Waals surface area contributed by atoms with Gasteiger partial charge in [-0.1, -0.05) is 11.3 Å². The lowest BCUT2D eigenvalue weighted by molar-refractivity contribution is 0.891. The Morgan fingerprint density at radius 2 is 2.23 bits per heavy atom. The van der Waals surface area contributed by atoms with Crippen LogP contribution >= 0.6 is 11.3 Å². The molecule has 1 heterocycles. The summed E-state index contributed by atoms with van der Waals surface area (Å²) in [5.74, 6) is 0.673. The Labute approximate surface area is 81.6 Å². The minimum Gasteiger partial charge on any atom is -0.366 e. The average molecular weight is 196 g/mol. The molecule has 0 spiro atoms. The quantitative estimate of drug-likeness (QED) is 0.774. The standard InChI is InChI=1S/C8H12N4S/c1-5(2)11-7-6(4-9)13-8(10-3)12-7/h5,11H,1-3H3,(H,10,12). The molecule has 70 valence electrons. The van der Waals surface area contributed by atoms with Gasteiger partial charge in [-0.3, -0.25) is 0 Å². The Morgan fingerprint density at radius 3 is 2.69 bits per heavy atom. The van der Waals surface area contributed by atoms with Crippen molar-refractivity contribution >= 4 is 22.3 Å². The van der Waals surface area contributed by atoms with E-state index in [1.165, 1.54) is 11.3 Å². The van der Waals surface area contributed by atoms with E-state index >= 15 is 0 Å². The first-order valence-corrected chi connectivity index (χ1v) is 4.84. The molecular weight excluding hydrogens is 184 g/mol. The van der Waals surface area contributed by atoms with Crippen molar-refractivity contribution in [2.75, 3.05) is 17.7 Å². The van der Waals surface area contributed by atoms with E-state index in [2.05, 4.69) is 21.7 Å². The van der Waals surface area contributed by atoms with E-state index in [4.69, 9.17) is 5.26 Å². The monoisotopic (exact) mass is 196 g/mol. The highest BCUT2D eigenvalue weighted by atomic mass is 32.1. The third-order valence-electron chi connectivity index (χ3n) is 1.37. The highest BCUT2D eigenvalue weighted by molar-refractivity contribution is 7.16. The molecule has 0 fully saturated rings. The first kappa shape index (κ1) is 9.81. The minimum absolute atomic E-state index is 0.291. The van der Waals surface area contributed by atoms with Crippen LogP contribution in [0.5, 0.6) is 0 Å². The summed E-state index contributed by atoms with van der Waals surface area (Å²) in [4.78, 5) is 4.84. The van der Waals surface area contributed by atoms with Crippen molar-refractivity contribution in [2.45, 2.75) is 19.9 Å². The molecule has 2 N–H and O–H groups in total. The van der Waals surface area contributed by atoms with E-state index in [-0.39, 0.29) is 0 Å². The third kappa shape index (κ3) is 2.33. The molecule has 0 aliphatic carbocycles. The van der Waals surface area contributed by atoms with Crippen LogP contribution in [0.1, 0.15) is 18.7 Å². The minimum atomic E-state index is 0.291. The van der Waals surface area contributed by atoms with Crippen LogP contribution in [0.15, 0.2) is 0 Å². The van der Waals surface area contributed by atoms with Gasteiger partial charge in [0, 0.05) is 13.1 Å². The van der Waals surface area contributed by atoms with Gasteiger partial charge in [0.25, 0.3) is 0 Å². The molecule has 0 atom stereocenters. The molecule has 0 radical (unpaired) electrons. The van der Waals surface area contributed by atoms with Crippen LogP contribution in [-0.4, -0.2) is 18.1 Å². The summed E-state index contributed by atoms with van der Waals surface area (Å²) in [7, 11) is 1.79. The van der Waals surface area contributed by atoms with E-state index in [0.29, 0.717) is 16.7 Å². The summed E-state index contributed by atoms with van der Waals surface area (Å²) in [5, 5.41) is 15.6. The maximum absolute atomic E-state index is 8.79. The molecule has 0 saturated carbocycles. The predicted molar refractivity (Wildman–Crippen MR) is 55.1 cm³/mol. The summed E-state index contributed by atoms with van der Waals surface area (Å²) < 4.78 is 0. The number of nitrogens with zero attached hydrogens (tertiary/aromatic N) is 2. The number of nitrogens with one attached hydrogen (secondary N) is 2. The van der Waals surface area contributed by atoms with E-state index in [1.807, 2.05) is 13.8 Å². The lowest BCUT2D eigenvalue weighted by Gasteiger charge is -2.05. The summed E-state index contributed by atoms with van der Waals surface area (Å²) in [6.45, 7) is 4.03. The molecule has 13 heavy (non-hydrogen) atoms. The van der Waals surface area contributed by atoms with Gasteiger partial charge in [0.05, 0.1) is 0 Å². The summed E-state index contributed by atoms with van der Waals surface area (Å²) in [6.07, 6.45) is 0. The zero-order chi connectivity index (χ0) is 9.84. The lowest BCUT2D eigenvalue weighted by Crippen LogP contribution is -2.10. The Morgan fingerprint density at radius 1 is 1.54 bits per heavy atom. The van der Waals surface area contributed by atoms with E-state index in [0.717, 1.165) is 5.13 Å². The maximum atomic E-state index is 8.79. The van der Waals surface area contributed by atoms with Crippen LogP contribution in [-0.2, 0) is 0 Å². The van der Waals surface area contributed by atoms with Gasteiger partial charge in [-0.25, -0.2) is 4.98 Å². The Kier molecular flexibility index (Phi) is 3.09. The SMILES string of the molecule is CNc1nc(NC(C)C)c(C#N)s1. The Hall–Kier alpha value is -1.28. The van der Waals surface area contributed by atoms with Crippen LogP contribution in [0.2, 0.25) is 0 Å². The van der Waals surface area contributed by atoms with Crippen LogP contribution in [0.4, 0.5) is 10.9 Å². The second-order valence-corrected chi connectivity index (χ2v) is 3.86. The first-order valence-electron chi connectivity index (χ1n) is 4.02.